The van der Waals surface area contributed by atoms with Gasteiger partial charge in [-0.1, -0.05) is 11.6 Å². The zero-order valence-electron chi connectivity index (χ0n) is 33.4. The number of pyridine rings is 5. The van der Waals surface area contributed by atoms with Crippen molar-refractivity contribution in [1.29, 1.82) is 0 Å². The fraction of sp³-hybridized carbons (Fsp3) is 0.267. The Balaban J connectivity index is 0.000000200. The lowest BCUT2D eigenvalue weighted by Gasteiger charge is -2.32. The number of aryl methyl sites for hydroxylation is 2. The molecule has 2 saturated heterocycles. The van der Waals surface area contributed by atoms with Crippen LogP contribution in [-0.2, 0) is 9.47 Å². The van der Waals surface area contributed by atoms with Crippen molar-refractivity contribution in [2.75, 3.05) is 67.7 Å². The van der Waals surface area contributed by atoms with E-state index < -0.39 is 23.3 Å². The molecule has 9 rings (SSSR count). The third-order valence-electron chi connectivity index (χ3n) is 10.6. The van der Waals surface area contributed by atoms with Crippen LogP contribution >= 0.6 is 11.6 Å². The van der Waals surface area contributed by atoms with Crippen molar-refractivity contribution in [2.45, 2.75) is 27.7 Å². The van der Waals surface area contributed by atoms with Crippen molar-refractivity contribution in [3.63, 3.8) is 0 Å². The van der Waals surface area contributed by atoms with Crippen LogP contribution in [0.15, 0.2) is 73.2 Å². The summed E-state index contributed by atoms with van der Waals surface area (Å²) in [6.45, 7) is 12.8. The summed E-state index contributed by atoms with van der Waals surface area (Å²) in [5.74, 6) is -1.98. The van der Waals surface area contributed by atoms with Gasteiger partial charge in [0, 0.05) is 85.4 Å². The lowest BCUT2D eigenvalue weighted by atomic mass is 10.0. The predicted octanol–water partition coefficient (Wildman–Crippen LogP) is 9.85. The molecule has 15 heteroatoms. The Labute approximate surface area is 349 Å². The molecule has 0 amide bonds. The number of halogens is 5. The van der Waals surface area contributed by atoms with Crippen LogP contribution < -0.4 is 15.1 Å². The molecule has 2 aromatic carbocycles. The molecule has 10 nitrogen and oxygen atoms in total. The summed E-state index contributed by atoms with van der Waals surface area (Å²) < 4.78 is 68.2. The zero-order chi connectivity index (χ0) is 42.1. The minimum Gasteiger partial charge on any atom is -0.378 e. The number of nitrogens with one attached hydrogen (secondary N) is 1. The molecule has 0 unspecified atom stereocenters. The molecule has 0 spiro atoms. The molecular formula is C45H41ClF4N8O2. The van der Waals surface area contributed by atoms with Gasteiger partial charge in [0.25, 0.3) is 0 Å². The monoisotopic (exact) mass is 836 g/mol. The highest BCUT2D eigenvalue weighted by atomic mass is 35.5. The average molecular weight is 837 g/mol. The van der Waals surface area contributed by atoms with Crippen molar-refractivity contribution < 1.29 is 27.0 Å². The first-order valence-electron chi connectivity index (χ1n) is 19.5. The lowest BCUT2D eigenvalue weighted by molar-refractivity contribution is 0.122. The van der Waals surface area contributed by atoms with E-state index in [1.54, 1.807) is 25.4 Å². The normalized spacial score (nSPS) is 14.3. The lowest BCUT2D eigenvalue weighted by Crippen LogP contribution is -2.38. The molecule has 60 heavy (non-hydrogen) atoms. The van der Waals surface area contributed by atoms with Gasteiger partial charge in [0.1, 0.15) is 23.3 Å². The van der Waals surface area contributed by atoms with Crippen molar-refractivity contribution in [3.8, 4) is 22.5 Å². The number of morpholine rings is 2. The predicted molar refractivity (Wildman–Crippen MR) is 227 cm³/mol. The van der Waals surface area contributed by atoms with Gasteiger partial charge >= 0.3 is 0 Å². The fourth-order valence-corrected chi connectivity index (χ4v) is 7.84. The van der Waals surface area contributed by atoms with Crippen LogP contribution in [0.25, 0.3) is 44.3 Å². The molecule has 1 N–H and O–H groups in total. The molecule has 0 bridgehead atoms. The van der Waals surface area contributed by atoms with Gasteiger partial charge in [-0.2, -0.15) is 0 Å². The molecule has 2 aliphatic heterocycles. The van der Waals surface area contributed by atoms with Gasteiger partial charge < -0.3 is 24.6 Å². The van der Waals surface area contributed by atoms with Gasteiger partial charge in [0.15, 0.2) is 5.82 Å². The summed E-state index contributed by atoms with van der Waals surface area (Å²) in [5, 5.41) is 4.15. The minimum atomic E-state index is -0.706. The number of benzene rings is 2. The second-order valence-electron chi connectivity index (χ2n) is 14.7. The number of nitrogens with zero attached hydrogens (tertiary/aromatic N) is 7. The second-order valence-corrected chi connectivity index (χ2v) is 15.1. The molecule has 0 radical (unpaired) electrons. The number of hydrogen-bond donors (Lipinski definition) is 1. The Morgan fingerprint density at radius 1 is 0.617 bits per heavy atom. The highest BCUT2D eigenvalue weighted by molar-refractivity contribution is 6.36. The fourth-order valence-electron chi connectivity index (χ4n) is 7.57. The Morgan fingerprint density at radius 3 is 1.70 bits per heavy atom. The molecule has 0 atom stereocenters. The molecule has 7 heterocycles. The quantitative estimate of drug-likeness (QED) is 0.163. The van der Waals surface area contributed by atoms with Crippen molar-refractivity contribution >= 4 is 56.3 Å². The molecule has 0 saturated carbocycles. The van der Waals surface area contributed by atoms with Gasteiger partial charge in [0.05, 0.1) is 87.9 Å². The summed E-state index contributed by atoms with van der Waals surface area (Å²) in [6.07, 6.45) is 5.25. The minimum absolute atomic E-state index is 0.144. The van der Waals surface area contributed by atoms with Gasteiger partial charge in [0.2, 0.25) is 0 Å². The SMILES string of the molecule is Cc1cc(-c2nc3cc(F)cc(F)c3c(Cl)c2C)ccn1.Cc1cc(-c2nc3cc(F)cc(F)c3c(Nc3cc(N4CCOCC4)cnc3N3CCOCC3)c2C)ccn1. The highest BCUT2D eigenvalue weighted by Crippen LogP contribution is 2.40. The maximum absolute atomic E-state index is 15.4. The number of anilines is 4. The topological polar surface area (TPSA) is 101 Å². The Bertz CT molecular complexity index is 2750. The second kappa shape index (κ2) is 17.3. The molecule has 7 aromatic rings. The van der Waals surface area contributed by atoms with Gasteiger partial charge in [-0.05, 0) is 69.2 Å². The van der Waals surface area contributed by atoms with Crippen LogP contribution in [0.1, 0.15) is 22.5 Å². The summed E-state index contributed by atoms with van der Waals surface area (Å²) >= 11 is 6.26. The number of ether oxygens (including phenoxy) is 2. The summed E-state index contributed by atoms with van der Waals surface area (Å²) in [4.78, 5) is 26.7. The first-order chi connectivity index (χ1) is 28.9. The standard InChI is InChI=1S/C29H30F2N6O2.C16H11ClF2N2/c1-18-13-20(3-4-32-18)27-19(2)28(26-23(31)14-21(30)15-24(26)34-27)35-25-16-22(36-5-9-38-10-6-36)17-33-29(25)37-7-11-39-12-8-37;1-8-5-10(3-4-20-8)16-9(2)15(17)14-12(19)6-11(18)7-13(14)21-16/h3-4,13-17H,5-12H2,1-2H3,(H,34,35);3-7H,1-2H3. The maximum atomic E-state index is 15.4. The van der Waals surface area contributed by atoms with E-state index in [0.29, 0.717) is 62.2 Å². The van der Waals surface area contributed by atoms with E-state index in [9.17, 15) is 13.2 Å². The van der Waals surface area contributed by atoms with Crippen LogP contribution in [-0.4, -0.2) is 77.5 Å². The summed E-state index contributed by atoms with van der Waals surface area (Å²) in [5.41, 5.74) is 8.55. The third-order valence-corrected chi connectivity index (χ3v) is 11.0. The Morgan fingerprint density at radius 2 is 1.13 bits per heavy atom. The van der Waals surface area contributed by atoms with E-state index in [-0.39, 0.29) is 26.8 Å². The molecule has 308 valence electrons. The Kier molecular flexibility index (Phi) is 11.8. The van der Waals surface area contributed by atoms with E-state index in [2.05, 4.69) is 30.1 Å². The van der Waals surface area contributed by atoms with Gasteiger partial charge in [-0.15, -0.1) is 0 Å². The first kappa shape index (κ1) is 40.8. The van der Waals surface area contributed by atoms with E-state index in [4.69, 9.17) is 31.0 Å². The maximum Gasteiger partial charge on any atom is 0.152 e. The van der Waals surface area contributed by atoms with E-state index in [1.807, 2.05) is 51.2 Å². The molecule has 2 aliphatic rings. The molecular weight excluding hydrogens is 796 g/mol. The highest BCUT2D eigenvalue weighted by Gasteiger charge is 2.24. The van der Waals surface area contributed by atoms with Crippen LogP contribution in [0.4, 0.5) is 40.4 Å². The van der Waals surface area contributed by atoms with E-state index in [1.165, 1.54) is 12.1 Å². The van der Waals surface area contributed by atoms with E-state index in [0.717, 1.165) is 70.5 Å². The zero-order valence-corrected chi connectivity index (χ0v) is 34.2. The average Bonchev–Trinajstić information content (AvgIpc) is 3.23. The van der Waals surface area contributed by atoms with Gasteiger partial charge in [-0.3, -0.25) is 9.97 Å². The molecule has 0 aliphatic carbocycles. The van der Waals surface area contributed by atoms with Crippen LogP contribution in [0.2, 0.25) is 5.02 Å². The van der Waals surface area contributed by atoms with Crippen molar-refractivity contribution in [3.05, 3.63) is 124 Å². The summed E-state index contributed by atoms with van der Waals surface area (Å²) in [7, 11) is 0. The van der Waals surface area contributed by atoms with Crippen LogP contribution in [0, 0.1) is 51.0 Å². The molecule has 2 fully saturated rings. The van der Waals surface area contributed by atoms with Crippen LogP contribution in [0.5, 0.6) is 0 Å². The number of fused-ring (bicyclic) bond motifs is 2. The van der Waals surface area contributed by atoms with Crippen molar-refractivity contribution in [1.82, 2.24) is 24.9 Å². The first-order valence-corrected chi connectivity index (χ1v) is 19.9. The van der Waals surface area contributed by atoms with Crippen molar-refractivity contribution in [2.24, 2.45) is 0 Å². The summed E-state index contributed by atoms with van der Waals surface area (Å²) in [6, 6.07) is 13.6. The number of rotatable bonds is 6. The third kappa shape index (κ3) is 8.40. The van der Waals surface area contributed by atoms with Gasteiger partial charge in [-0.25, -0.2) is 32.5 Å². The molecule has 5 aromatic heterocycles. The van der Waals surface area contributed by atoms with Crippen LogP contribution in [0.3, 0.4) is 0 Å². The smallest absolute Gasteiger partial charge is 0.152 e. The number of aromatic nitrogens is 5. The van der Waals surface area contributed by atoms with E-state index >= 15 is 4.39 Å². The Hall–Kier alpha value is -5.96. The number of hydrogen-bond acceptors (Lipinski definition) is 10. The largest absolute Gasteiger partial charge is 0.378 e.